The summed E-state index contributed by atoms with van der Waals surface area (Å²) < 4.78 is 86.4. The molecule has 0 bridgehead atoms. The van der Waals surface area contributed by atoms with Crippen LogP contribution in [-0.4, -0.2) is 43.8 Å². The number of halogens is 6. The van der Waals surface area contributed by atoms with E-state index in [4.69, 9.17) is 4.74 Å². The predicted molar refractivity (Wildman–Crippen MR) is 224 cm³/mol. The summed E-state index contributed by atoms with van der Waals surface area (Å²) in [6.07, 6.45) is -6.45. The topological polar surface area (TPSA) is 148 Å². The summed E-state index contributed by atoms with van der Waals surface area (Å²) in [6, 6.07) is 25.6. The highest BCUT2D eigenvalue weighted by Gasteiger charge is 2.36. The van der Waals surface area contributed by atoms with Gasteiger partial charge in [-0.25, -0.2) is 19.9 Å². The lowest BCUT2D eigenvalue weighted by Crippen LogP contribution is -2.24. The fourth-order valence-electron chi connectivity index (χ4n) is 6.30. The number of carbonyl (C=O) groups is 3. The maximum Gasteiger partial charge on any atom is 0.419 e. The number of carbonyl (C=O) groups excluding carboxylic acids is 3. The third kappa shape index (κ3) is 11.5. The Bertz CT molecular complexity index is 2800. The van der Waals surface area contributed by atoms with Crippen molar-refractivity contribution in [2.24, 2.45) is 0 Å². The molecule has 7 rings (SSSR count). The minimum Gasteiger partial charge on any atom is -0.490 e. The molecule has 7 aromatic rings. The molecule has 0 unspecified atom stereocenters. The van der Waals surface area contributed by atoms with Gasteiger partial charge in [0.05, 0.1) is 45.4 Å². The highest BCUT2D eigenvalue weighted by atomic mass is 19.4. The van der Waals surface area contributed by atoms with Gasteiger partial charge in [0.1, 0.15) is 5.75 Å². The molecule has 0 aliphatic carbocycles. The Kier molecular flexibility index (Phi) is 13.7. The third-order valence-electron chi connectivity index (χ3n) is 9.34. The number of alkyl halides is 6. The van der Waals surface area contributed by atoms with Gasteiger partial charge in [0.2, 0.25) is 0 Å². The van der Waals surface area contributed by atoms with Crippen LogP contribution in [0.25, 0.3) is 22.1 Å². The molecule has 4 aromatic heterocycles. The van der Waals surface area contributed by atoms with E-state index in [2.05, 4.69) is 35.9 Å². The number of aromatic nitrogens is 4. The number of aryl methyl sites for hydroxylation is 2. The van der Waals surface area contributed by atoms with Gasteiger partial charge < -0.3 is 20.7 Å². The quantitative estimate of drug-likeness (QED) is 0.115. The van der Waals surface area contributed by atoms with Crippen LogP contribution in [0.2, 0.25) is 0 Å². The largest absolute Gasteiger partial charge is 0.490 e. The second-order valence-electron chi connectivity index (χ2n) is 14.4. The number of anilines is 1. The minimum absolute atomic E-state index is 0.0611. The van der Waals surface area contributed by atoms with Gasteiger partial charge in [0.15, 0.2) is 11.3 Å². The molecule has 0 saturated heterocycles. The van der Waals surface area contributed by atoms with Crippen LogP contribution in [0.4, 0.5) is 32.0 Å². The fourth-order valence-corrected chi connectivity index (χ4v) is 6.30. The van der Waals surface area contributed by atoms with Crippen molar-refractivity contribution in [1.29, 1.82) is 0 Å². The van der Waals surface area contributed by atoms with Gasteiger partial charge in [-0.3, -0.25) is 14.4 Å². The Morgan fingerprint density at radius 2 is 1.10 bits per heavy atom. The molecule has 0 atom stereocenters. The average molecular weight is 868 g/mol. The Labute approximate surface area is 357 Å². The summed E-state index contributed by atoms with van der Waals surface area (Å²) in [4.78, 5) is 54.4. The molecule has 3 aromatic carbocycles. The number of amides is 3. The smallest absolute Gasteiger partial charge is 0.419 e. The van der Waals surface area contributed by atoms with Crippen LogP contribution in [-0.2, 0) is 25.4 Å². The van der Waals surface area contributed by atoms with E-state index in [9.17, 15) is 40.7 Å². The lowest BCUT2D eigenvalue weighted by molar-refractivity contribution is -0.139. The third-order valence-corrected chi connectivity index (χ3v) is 9.34. The van der Waals surface area contributed by atoms with Gasteiger partial charge in [-0.15, -0.1) is 0 Å². The van der Waals surface area contributed by atoms with E-state index in [0.29, 0.717) is 50.1 Å². The van der Waals surface area contributed by atoms with Crippen LogP contribution < -0.4 is 20.7 Å². The Morgan fingerprint density at radius 1 is 0.603 bits per heavy atom. The monoisotopic (exact) mass is 867 g/mol. The van der Waals surface area contributed by atoms with Crippen molar-refractivity contribution in [2.75, 3.05) is 5.32 Å². The van der Waals surface area contributed by atoms with Crippen LogP contribution in [0.15, 0.2) is 116 Å². The van der Waals surface area contributed by atoms with Crippen LogP contribution in [0.3, 0.4) is 0 Å². The average Bonchev–Trinajstić information content (AvgIpc) is 3.24. The number of nitrogens with one attached hydrogen (secondary N) is 3. The first kappa shape index (κ1) is 45.1. The molecule has 0 radical (unpaired) electrons. The van der Waals surface area contributed by atoms with Crippen molar-refractivity contribution in [3.8, 4) is 5.75 Å². The highest BCUT2D eigenvalue weighted by molar-refractivity contribution is 6.04. The molecule has 0 fully saturated rings. The lowest BCUT2D eigenvalue weighted by atomic mass is 10.1. The zero-order valence-corrected chi connectivity index (χ0v) is 34.2. The number of pyridine rings is 4. The number of rotatable bonds is 10. The van der Waals surface area contributed by atoms with Gasteiger partial charge in [0.25, 0.3) is 17.7 Å². The van der Waals surface area contributed by atoms with Crippen molar-refractivity contribution in [3.63, 3.8) is 0 Å². The van der Waals surface area contributed by atoms with E-state index in [1.807, 2.05) is 0 Å². The molecule has 3 amide bonds. The van der Waals surface area contributed by atoms with Crippen LogP contribution in [0.5, 0.6) is 5.75 Å². The maximum atomic E-state index is 13.7. The number of fused-ring (bicyclic) bond motifs is 2. The summed E-state index contributed by atoms with van der Waals surface area (Å²) >= 11 is 0. The Balaban J connectivity index is 0.000000213. The Hall–Kier alpha value is -7.43. The first-order valence-electron chi connectivity index (χ1n) is 19.3. The van der Waals surface area contributed by atoms with Gasteiger partial charge >= 0.3 is 12.4 Å². The molecule has 63 heavy (non-hydrogen) atoms. The van der Waals surface area contributed by atoms with Gasteiger partial charge in [-0.05, 0) is 112 Å². The van der Waals surface area contributed by atoms with Crippen molar-refractivity contribution in [3.05, 3.63) is 166 Å². The minimum atomic E-state index is -4.70. The lowest BCUT2D eigenvalue weighted by Gasteiger charge is -2.17. The number of nitrogens with zero attached hydrogens (tertiary/aromatic N) is 4. The summed E-state index contributed by atoms with van der Waals surface area (Å²) in [6.45, 7) is 6.46. The molecule has 4 heterocycles. The first-order valence-corrected chi connectivity index (χ1v) is 19.3. The number of ether oxygens (including phenoxy) is 1. The number of hydrogen-bond donors (Lipinski definition) is 3. The summed E-state index contributed by atoms with van der Waals surface area (Å²) in [5.41, 5.74) is 1.18. The molecular formula is C46H39F6N7O4. The molecule has 0 saturated carbocycles. The summed E-state index contributed by atoms with van der Waals surface area (Å²) in [7, 11) is 0. The molecule has 0 aliphatic heterocycles. The number of benzene rings is 3. The fraction of sp³-hybridized carbons (Fsp3) is 0.196. The second-order valence-corrected chi connectivity index (χ2v) is 14.4. The molecule has 11 nitrogen and oxygen atoms in total. The van der Waals surface area contributed by atoms with E-state index < -0.39 is 41.2 Å². The normalized spacial score (nSPS) is 11.5. The van der Waals surface area contributed by atoms with Gasteiger partial charge in [0, 0.05) is 41.8 Å². The first-order chi connectivity index (χ1) is 29.9. The molecule has 17 heteroatoms. The van der Waals surface area contributed by atoms with Crippen molar-refractivity contribution in [2.45, 2.75) is 59.2 Å². The molecule has 0 aliphatic rings. The zero-order valence-electron chi connectivity index (χ0n) is 34.2. The summed E-state index contributed by atoms with van der Waals surface area (Å²) in [5, 5.41) is 8.98. The van der Waals surface area contributed by atoms with E-state index in [-0.39, 0.29) is 41.8 Å². The standard InChI is InChI=1S/C25H19F3N4O2.C21H20F3N3O2/c1-15-19(13-18-8-5-11-29-22(18)31-15)24(34)30-14-16-9-10-21(20(12-16)25(26,27)28)32-23(33)17-6-3-2-4-7-17;1-12(2)29-18-7-6-14(9-17(18)21(22,23)24)11-26-20(28)16-10-15-5-4-8-25-19(15)27-13(16)3/h2-13H,14H2,1H3,(H,30,34)(H,32,33);4-10,12H,11H2,1-3H3,(H,26,28). The SMILES string of the molecule is Cc1nc2ncccc2cc1C(=O)NCc1ccc(NC(=O)c2ccccc2)c(C(F)(F)F)c1.Cc1nc2ncccc2cc1C(=O)NCc1ccc(OC(C)C)c(C(F)(F)F)c1. The highest BCUT2D eigenvalue weighted by Crippen LogP contribution is 2.38. The van der Waals surface area contributed by atoms with E-state index in [0.717, 1.165) is 12.1 Å². The zero-order chi connectivity index (χ0) is 45.5. The van der Waals surface area contributed by atoms with Gasteiger partial charge in [-0.2, -0.15) is 26.3 Å². The van der Waals surface area contributed by atoms with Crippen LogP contribution >= 0.6 is 0 Å². The summed E-state index contributed by atoms with van der Waals surface area (Å²) in [5.74, 6) is -1.77. The van der Waals surface area contributed by atoms with E-state index >= 15 is 0 Å². The van der Waals surface area contributed by atoms with Crippen LogP contribution in [0, 0.1) is 13.8 Å². The second kappa shape index (κ2) is 19.1. The van der Waals surface area contributed by atoms with Crippen molar-refractivity contribution >= 4 is 45.5 Å². The molecule has 3 N–H and O–H groups in total. The number of hydrogen-bond acceptors (Lipinski definition) is 8. The van der Waals surface area contributed by atoms with E-state index in [1.165, 1.54) is 36.4 Å². The molecule has 0 spiro atoms. The molecular weight excluding hydrogens is 829 g/mol. The maximum absolute atomic E-state index is 13.7. The Morgan fingerprint density at radius 3 is 1.59 bits per heavy atom. The van der Waals surface area contributed by atoms with Crippen molar-refractivity contribution in [1.82, 2.24) is 30.6 Å². The van der Waals surface area contributed by atoms with Gasteiger partial charge in [-0.1, -0.05) is 30.3 Å². The predicted octanol–water partition coefficient (Wildman–Crippen LogP) is 9.81. The molecule has 324 valence electrons. The van der Waals surface area contributed by atoms with E-state index in [1.54, 1.807) is 94.7 Å². The van der Waals surface area contributed by atoms with Crippen molar-refractivity contribution < 1.29 is 45.5 Å². The van der Waals surface area contributed by atoms with Crippen LogP contribution in [0.1, 0.15) is 78.6 Å².